The van der Waals surface area contributed by atoms with Gasteiger partial charge in [0.1, 0.15) is 5.82 Å². The van der Waals surface area contributed by atoms with Crippen LogP contribution in [0.3, 0.4) is 0 Å². The van der Waals surface area contributed by atoms with E-state index in [2.05, 4.69) is 4.98 Å². The number of benzene rings is 1. The van der Waals surface area contributed by atoms with Crippen LogP contribution in [0.4, 0.5) is 8.78 Å². The Labute approximate surface area is 96.3 Å². The molecule has 5 heteroatoms. The molecule has 17 heavy (non-hydrogen) atoms. The van der Waals surface area contributed by atoms with Gasteiger partial charge in [-0.05, 0) is 18.2 Å². The zero-order chi connectivity index (χ0) is 12.3. The van der Waals surface area contributed by atoms with Gasteiger partial charge in [-0.25, -0.2) is 8.78 Å². The van der Waals surface area contributed by atoms with Crippen molar-refractivity contribution in [1.82, 2.24) is 4.98 Å². The van der Waals surface area contributed by atoms with E-state index in [1.54, 1.807) is 0 Å². The van der Waals surface area contributed by atoms with Crippen LogP contribution in [0.25, 0.3) is 0 Å². The van der Waals surface area contributed by atoms with Crippen LogP contribution >= 0.6 is 0 Å². The third-order valence-corrected chi connectivity index (χ3v) is 2.15. The molecule has 1 N–H and O–H groups in total. The molecule has 0 saturated heterocycles. The molecule has 0 atom stereocenters. The van der Waals surface area contributed by atoms with Crippen LogP contribution in [-0.2, 0) is 6.61 Å². The van der Waals surface area contributed by atoms with Gasteiger partial charge in [-0.15, -0.1) is 0 Å². The molecule has 0 bridgehead atoms. The minimum absolute atomic E-state index is 0.194. The smallest absolute Gasteiger partial charge is 0.166 e. The van der Waals surface area contributed by atoms with E-state index < -0.39 is 11.6 Å². The van der Waals surface area contributed by atoms with Gasteiger partial charge >= 0.3 is 0 Å². The molecule has 1 heterocycles. The van der Waals surface area contributed by atoms with Crippen molar-refractivity contribution in [3.63, 3.8) is 0 Å². The van der Waals surface area contributed by atoms with Crippen LogP contribution in [0.1, 0.15) is 5.56 Å². The predicted molar refractivity (Wildman–Crippen MR) is 56.6 cm³/mol. The van der Waals surface area contributed by atoms with Crippen molar-refractivity contribution < 1.29 is 18.6 Å². The molecule has 0 aliphatic rings. The fourth-order valence-electron chi connectivity index (χ4n) is 1.31. The van der Waals surface area contributed by atoms with Crippen molar-refractivity contribution >= 4 is 0 Å². The lowest BCUT2D eigenvalue weighted by atomic mass is 10.2. The highest BCUT2D eigenvalue weighted by atomic mass is 19.1. The van der Waals surface area contributed by atoms with Crippen molar-refractivity contribution in [2.75, 3.05) is 0 Å². The maximum Gasteiger partial charge on any atom is 0.166 e. The van der Waals surface area contributed by atoms with Crippen molar-refractivity contribution in [3.8, 4) is 11.5 Å². The Bertz CT molecular complexity index is 532. The summed E-state index contributed by atoms with van der Waals surface area (Å²) in [6.07, 6.45) is 2.80. The molecule has 0 fully saturated rings. The first-order valence-electron chi connectivity index (χ1n) is 4.87. The van der Waals surface area contributed by atoms with Gasteiger partial charge in [0.05, 0.1) is 12.8 Å². The van der Waals surface area contributed by atoms with Gasteiger partial charge in [-0.2, -0.15) is 0 Å². The molecule has 0 unspecified atom stereocenters. The lowest BCUT2D eigenvalue weighted by molar-refractivity contribution is 0.275. The number of halogens is 2. The van der Waals surface area contributed by atoms with E-state index in [9.17, 15) is 8.78 Å². The van der Waals surface area contributed by atoms with Crippen LogP contribution in [0.2, 0.25) is 0 Å². The monoisotopic (exact) mass is 237 g/mol. The molecule has 0 aliphatic carbocycles. The first kappa shape index (κ1) is 11.5. The number of pyridine rings is 1. The third-order valence-electron chi connectivity index (χ3n) is 2.15. The number of aromatic nitrogens is 1. The third kappa shape index (κ3) is 2.57. The van der Waals surface area contributed by atoms with E-state index in [1.807, 2.05) is 0 Å². The SMILES string of the molecule is OCc1ccncc1Oc1cc(F)ccc1F. The normalized spacial score (nSPS) is 10.3. The molecular weight excluding hydrogens is 228 g/mol. The molecular formula is C12H9F2NO2. The first-order valence-corrected chi connectivity index (χ1v) is 4.87. The molecule has 0 spiro atoms. The van der Waals surface area contributed by atoms with Crippen molar-refractivity contribution in [2.24, 2.45) is 0 Å². The van der Waals surface area contributed by atoms with E-state index in [0.29, 0.717) is 5.56 Å². The Hall–Kier alpha value is -2.01. The van der Waals surface area contributed by atoms with Gasteiger partial charge in [0.2, 0.25) is 0 Å². The van der Waals surface area contributed by atoms with E-state index in [-0.39, 0.29) is 18.1 Å². The molecule has 0 amide bonds. The van der Waals surface area contributed by atoms with Crippen LogP contribution in [0.5, 0.6) is 11.5 Å². The molecule has 0 saturated carbocycles. The summed E-state index contributed by atoms with van der Waals surface area (Å²) < 4.78 is 31.4. The van der Waals surface area contributed by atoms with Gasteiger partial charge in [0.25, 0.3) is 0 Å². The summed E-state index contributed by atoms with van der Waals surface area (Å²) in [7, 11) is 0. The van der Waals surface area contributed by atoms with Gasteiger partial charge in [0, 0.05) is 17.8 Å². The molecule has 2 aromatic rings. The molecule has 3 nitrogen and oxygen atoms in total. The topological polar surface area (TPSA) is 42.4 Å². The summed E-state index contributed by atoms with van der Waals surface area (Å²) in [4.78, 5) is 3.79. The van der Waals surface area contributed by atoms with Gasteiger partial charge in [0.15, 0.2) is 17.3 Å². The number of nitrogens with zero attached hydrogens (tertiary/aromatic N) is 1. The minimum Gasteiger partial charge on any atom is -0.452 e. The maximum absolute atomic E-state index is 13.3. The molecule has 1 aromatic carbocycles. The summed E-state index contributed by atoms with van der Waals surface area (Å²) in [5, 5.41) is 9.04. The zero-order valence-electron chi connectivity index (χ0n) is 8.73. The van der Waals surface area contributed by atoms with Crippen molar-refractivity contribution in [2.45, 2.75) is 6.61 Å². The van der Waals surface area contributed by atoms with Crippen LogP contribution in [0.15, 0.2) is 36.7 Å². The highest BCUT2D eigenvalue weighted by Gasteiger charge is 2.09. The highest BCUT2D eigenvalue weighted by molar-refractivity contribution is 5.35. The van der Waals surface area contributed by atoms with Crippen molar-refractivity contribution in [1.29, 1.82) is 0 Å². The lowest BCUT2D eigenvalue weighted by Gasteiger charge is -2.09. The van der Waals surface area contributed by atoms with Crippen LogP contribution < -0.4 is 4.74 Å². The number of aliphatic hydroxyl groups excluding tert-OH is 1. The number of ether oxygens (including phenoxy) is 1. The number of rotatable bonds is 3. The molecule has 2 rings (SSSR count). The van der Waals surface area contributed by atoms with Crippen LogP contribution in [-0.4, -0.2) is 10.1 Å². The second-order valence-corrected chi connectivity index (χ2v) is 3.32. The molecule has 88 valence electrons. The second-order valence-electron chi connectivity index (χ2n) is 3.32. The summed E-state index contributed by atoms with van der Waals surface area (Å²) >= 11 is 0. The average molecular weight is 237 g/mol. The molecule has 0 aliphatic heterocycles. The minimum atomic E-state index is -0.681. The van der Waals surface area contributed by atoms with E-state index >= 15 is 0 Å². The Kier molecular flexibility index (Phi) is 3.30. The quantitative estimate of drug-likeness (QED) is 0.892. The summed E-state index contributed by atoms with van der Waals surface area (Å²) in [5.41, 5.74) is 0.448. The Morgan fingerprint density at radius 3 is 2.76 bits per heavy atom. The Morgan fingerprint density at radius 1 is 1.18 bits per heavy atom. The average Bonchev–Trinajstić information content (AvgIpc) is 2.34. The zero-order valence-corrected chi connectivity index (χ0v) is 8.73. The van der Waals surface area contributed by atoms with E-state index in [4.69, 9.17) is 9.84 Å². The standard InChI is InChI=1S/C12H9F2NO2/c13-9-1-2-10(14)11(5-9)17-12-6-15-4-3-8(12)7-16/h1-6,16H,7H2. The maximum atomic E-state index is 13.3. The van der Waals surface area contributed by atoms with Gasteiger partial charge in [-0.3, -0.25) is 4.98 Å². The number of hydrogen-bond acceptors (Lipinski definition) is 3. The summed E-state index contributed by atoms with van der Waals surface area (Å²) in [6, 6.07) is 4.44. The first-order chi connectivity index (χ1) is 8.20. The largest absolute Gasteiger partial charge is 0.452 e. The number of aliphatic hydroxyl groups is 1. The van der Waals surface area contributed by atoms with Crippen LogP contribution in [0, 0.1) is 11.6 Å². The highest BCUT2D eigenvalue weighted by Crippen LogP contribution is 2.27. The molecule has 0 radical (unpaired) electrons. The predicted octanol–water partition coefficient (Wildman–Crippen LogP) is 2.64. The fourth-order valence-corrected chi connectivity index (χ4v) is 1.31. The number of hydrogen-bond donors (Lipinski definition) is 1. The van der Waals surface area contributed by atoms with E-state index in [0.717, 1.165) is 18.2 Å². The fraction of sp³-hybridized carbons (Fsp3) is 0.0833. The lowest BCUT2D eigenvalue weighted by Crippen LogP contribution is -1.95. The summed E-state index contributed by atoms with van der Waals surface area (Å²) in [5.74, 6) is -1.33. The molecule has 1 aromatic heterocycles. The van der Waals surface area contributed by atoms with Gasteiger partial charge in [-0.1, -0.05) is 0 Å². The Morgan fingerprint density at radius 2 is 2.00 bits per heavy atom. The van der Waals surface area contributed by atoms with Gasteiger partial charge < -0.3 is 9.84 Å². The van der Waals surface area contributed by atoms with Crippen molar-refractivity contribution in [3.05, 3.63) is 53.9 Å². The Balaban J connectivity index is 2.34. The summed E-state index contributed by atoms with van der Waals surface area (Å²) in [6.45, 7) is -0.269. The second kappa shape index (κ2) is 4.88. The van der Waals surface area contributed by atoms with E-state index in [1.165, 1.54) is 18.5 Å².